The van der Waals surface area contributed by atoms with Gasteiger partial charge in [-0.15, -0.1) is 11.8 Å². The molecule has 0 heterocycles. The van der Waals surface area contributed by atoms with Crippen molar-refractivity contribution in [3.05, 3.63) is 64.4 Å². The molecule has 0 spiro atoms. The van der Waals surface area contributed by atoms with Crippen LogP contribution in [0.4, 0.5) is 4.39 Å². The molecule has 2 aromatic rings. The van der Waals surface area contributed by atoms with Crippen LogP contribution in [0, 0.1) is 5.82 Å². The summed E-state index contributed by atoms with van der Waals surface area (Å²) in [6, 6.07) is 14.3. The smallest absolute Gasteiger partial charge is 0.123 e. The summed E-state index contributed by atoms with van der Waals surface area (Å²) in [4.78, 5) is 1.16. The Morgan fingerprint density at radius 3 is 2.37 bits per heavy atom. The van der Waals surface area contributed by atoms with Gasteiger partial charge in [0.25, 0.3) is 0 Å². The first kappa shape index (κ1) is 14.6. The Morgan fingerprint density at radius 2 is 1.74 bits per heavy atom. The molecule has 0 aliphatic rings. The summed E-state index contributed by atoms with van der Waals surface area (Å²) in [5, 5.41) is 0.198. The van der Waals surface area contributed by atoms with Gasteiger partial charge < -0.3 is 5.73 Å². The maximum absolute atomic E-state index is 12.9. The summed E-state index contributed by atoms with van der Waals surface area (Å²) in [5.74, 6) is -0.234. The van der Waals surface area contributed by atoms with E-state index in [1.165, 1.54) is 12.1 Å². The fourth-order valence-corrected chi connectivity index (χ4v) is 3.38. The highest BCUT2D eigenvalue weighted by Crippen LogP contribution is 2.34. The Hall–Kier alpha value is -0.840. The average Bonchev–Trinajstić information content (AvgIpc) is 2.41. The molecular formula is C15H15BrFNS. The van der Waals surface area contributed by atoms with Gasteiger partial charge in [-0.3, -0.25) is 0 Å². The van der Waals surface area contributed by atoms with E-state index in [2.05, 4.69) is 28.9 Å². The van der Waals surface area contributed by atoms with Crippen molar-refractivity contribution in [3.8, 4) is 0 Å². The van der Waals surface area contributed by atoms with Crippen LogP contribution in [0.25, 0.3) is 0 Å². The number of rotatable bonds is 4. The predicted octanol–water partition coefficient (Wildman–Crippen LogP) is 4.77. The van der Waals surface area contributed by atoms with Crippen molar-refractivity contribution in [3.63, 3.8) is 0 Å². The van der Waals surface area contributed by atoms with Crippen LogP contribution in [0.3, 0.4) is 0 Å². The van der Waals surface area contributed by atoms with Crippen molar-refractivity contribution < 1.29 is 4.39 Å². The summed E-state index contributed by atoms with van der Waals surface area (Å²) in [7, 11) is 0. The monoisotopic (exact) mass is 339 g/mol. The summed E-state index contributed by atoms with van der Waals surface area (Å²) in [6.07, 6.45) is 0. The van der Waals surface area contributed by atoms with E-state index in [0.717, 1.165) is 14.9 Å². The highest BCUT2D eigenvalue weighted by atomic mass is 79.9. The molecule has 100 valence electrons. The van der Waals surface area contributed by atoms with Crippen molar-refractivity contribution in [1.82, 2.24) is 0 Å². The lowest BCUT2D eigenvalue weighted by Crippen LogP contribution is -2.21. The third-order valence-electron chi connectivity index (χ3n) is 2.91. The fourth-order valence-electron chi connectivity index (χ4n) is 1.77. The van der Waals surface area contributed by atoms with E-state index < -0.39 is 0 Å². The topological polar surface area (TPSA) is 26.0 Å². The molecule has 4 heteroatoms. The number of thioether (sulfide) groups is 1. The molecule has 0 aliphatic heterocycles. The lowest BCUT2D eigenvalue weighted by Gasteiger charge is -2.20. The molecule has 0 aliphatic carbocycles. The van der Waals surface area contributed by atoms with Crippen molar-refractivity contribution in [2.24, 2.45) is 5.73 Å². The number of nitrogens with two attached hydrogens (primary N) is 1. The maximum Gasteiger partial charge on any atom is 0.123 e. The Morgan fingerprint density at radius 1 is 1.11 bits per heavy atom. The first-order chi connectivity index (χ1) is 9.08. The lowest BCUT2D eigenvalue weighted by molar-refractivity contribution is 0.624. The minimum absolute atomic E-state index is 0.127. The third-order valence-corrected chi connectivity index (χ3v) is 5.14. The van der Waals surface area contributed by atoms with Gasteiger partial charge in [-0.25, -0.2) is 4.39 Å². The van der Waals surface area contributed by atoms with Gasteiger partial charge in [0.15, 0.2) is 0 Å². The molecule has 0 aromatic heterocycles. The third kappa shape index (κ3) is 3.81. The molecule has 2 atom stereocenters. The van der Waals surface area contributed by atoms with Gasteiger partial charge in [-0.1, -0.05) is 31.2 Å². The van der Waals surface area contributed by atoms with Crippen LogP contribution in [0.15, 0.2) is 57.9 Å². The Bertz CT molecular complexity index is 544. The maximum atomic E-state index is 12.9. The van der Waals surface area contributed by atoms with E-state index >= 15 is 0 Å². The zero-order valence-electron chi connectivity index (χ0n) is 10.5. The minimum Gasteiger partial charge on any atom is -0.323 e. The second kappa shape index (κ2) is 6.55. The highest BCUT2D eigenvalue weighted by molar-refractivity contribution is 9.10. The molecule has 1 nitrogen and oxygen atoms in total. The van der Waals surface area contributed by atoms with E-state index in [0.29, 0.717) is 0 Å². The van der Waals surface area contributed by atoms with Crippen LogP contribution >= 0.6 is 27.7 Å². The molecule has 2 rings (SSSR count). The number of halogens is 2. The normalized spacial score (nSPS) is 14.1. The van der Waals surface area contributed by atoms with Gasteiger partial charge in [0, 0.05) is 20.7 Å². The lowest BCUT2D eigenvalue weighted by atomic mass is 10.1. The second-order valence-electron chi connectivity index (χ2n) is 4.33. The quantitative estimate of drug-likeness (QED) is 0.812. The van der Waals surface area contributed by atoms with Gasteiger partial charge in [0.1, 0.15) is 5.82 Å². The molecule has 2 N–H and O–H groups in total. The van der Waals surface area contributed by atoms with Gasteiger partial charge >= 0.3 is 0 Å². The van der Waals surface area contributed by atoms with Crippen LogP contribution in [-0.4, -0.2) is 5.25 Å². The molecule has 0 bridgehead atoms. The highest BCUT2D eigenvalue weighted by Gasteiger charge is 2.17. The van der Waals surface area contributed by atoms with Crippen LogP contribution < -0.4 is 5.73 Å². The van der Waals surface area contributed by atoms with Gasteiger partial charge in [0.05, 0.1) is 0 Å². The Balaban J connectivity index is 2.09. The predicted molar refractivity (Wildman–Crippen MR) is 82.8 cm³/mol. The zero-order valence-corrected chi connectivity index (χ0v) is 12.9. The summed E-state index contributed by atoms with van der Waals surface area (Å²) >= 11 is 5.24. The van der Waals surface area contributed by atoms with Crippen molar-refractivity contribution in [2.45, 2.75) is 23.1 Å². The molecule has 2 aromatic carbocycles. The Labute approximate surface area is 125 Å². The second-order valence-corrected chi connectivity index (χ2v) is 6.60. The largest absolute Gasteiger partial charge is 0.323 e. The van der Waals surface area contributed by atoms with E-state index in [1.54, 1.807) is 23.9 Å². The first-order valence-electron chi connectivity index (χ1n) is 6.00. The number of hydrogen-bond acceptors (Lipinski definition) is 2. The molecule has 0 saturated heterocycles. The minimum atomic E-state index is -0.234. The van der Waals surface area contributed by atoms with Crippen molar-refractivity contribution in [1.29, 1.82) is 0 Å². The average molecular weight is 340 g/mol. The van der Waals surface area contributed by atoms with Crippen molar-refractivity contribution >= 4 is 27.7 Å². The Kier molecular flexibility index (Phi) is 5.02. The van der Waals surface area contributed by atoms with Crippen LogP contribution in [0.2, 0.25) is 0 Å². The zero-order chi connectivity index (χ0) is 13.8. The number of hydrogen-bond donors (Lipinski definition) is 1. The molecule has 19 heavy (non-hydrogen) atoms. The first-order valence-corrected chi connectivity index (χ1v) is 7.67. The van der Waals surface area contributed by atoms with Crippen LogP contribution in [0.5, 0.6) is 0 Å². The van der Waals surface area contributed by atoms with Crippen LogP contribution in [0.1, 0.15) is 18.5 Å². The molecule has 0 radical (unpaired) electrons. The van der Waals surface area contributed by atoms with E-state index in [1.807, 2.05) is 18.2 Å². The van der Waals surface area contributed by atoms with Gasteiger partial charge in [-0.05, 0) is 45.8 Å². The fraction of sp³-hybridized carbons (Fsp3) is 0.200. The summed E-state index contributed by atoms with van der Waals surface area (Å²) in [6.45, 7) is 2.08. The number of benzene rings is 2. The molecule has 0 amide bonds. The molecule has 2 unspecified atom stereocenters. The van der Waals surface area contributed by atoms with E-state index in [4.69, 9.17) is 5.73 Å². The van der Waals surface area contributed by atoms with E-state index in [9.17, 15) is 4.39 Å². The van der Waals surface area contributed by atoms with Crippen molar-refractivity contribution in [2.75, 3.05) is 0 Å². The summed E-state index contributed by atoms with van der Waals surface area (Å²) in [5.41, 5.74) is 7.18. The standard InChI is InChI=1S/C15H15BrFNS/c1-10(19-14-5-3-2-4-13(14)16)15(18)11-6-8-12(17)9-7-11/h2-10,15H,18H2,1H3. The molecule has 0 saturated carbocycles. The molecule has 0 fully saturated rings. The van der Waals surface area contributed by atoms with Crippen LogP contribution in [-0.2, 0) is 0 Å². The van der Waals surface area contributed by atoms with Gasteiger partial charge in [0.2, 0.25) is 0 Å². The SMILES string of the molecule is CC(Sc1ccccc1Br)C(N)c1ccc(F)cc1. The molecular weight excluding hydrogens is 325 g/mol. The summed E-state index contributed by atoms with van der Waals surface area (Å²) < 4.78 is 14.0. The van der Waals surface area contributed by atoms with E-state index in [-0.39, 0.29) is 17.1 Å². The van der Waals surface area contributed by atoms with Gasteiger partial charge in [-0.2, -0.15) is 0 Å².